The van der Waals surface area contributed by atoms with Crippen LogP contribution < -0.4 is 0 Å². The second-order valence-corrected chi connectivity index (χ2v) is 7.35. The van der Waals surface area contributed by atoms with Gasteiger partial charge in [0.15, 0.2) is 0 Å². The van der Waals surface area contributed by atoms with E-state index < -0.39 is 0 Å². The molecule has 2 aromatic rings. The van der Waals surface area contributed by atoms with E-state index in [2.05, 4.69) is 21.3 Å². The first-order valence-corrected chi connectivity index (χ1v) is 9.18. The third-order valence-corrected chi connectivity index (χ3v) is 5.44. The summed E-state index contributed by atoms with van der Waals surface area (Å²) in [4.78, 5) is 15.4. The van der Waals surface area contributed by atoms with Crippen molar-refractivity contribution in [1.29, 1.82) is 0 Å². The van der Waals surface area contributed by atoms with Crippen LogP contribution in [0.4, 0.5) is 0 Å². The fraction of sp³-hybridized carbons (Fsp3) is 0.632. The van der Waals surface area contributed by atoms with Gasteiger partial charge in [-0.3, -0.25) is 14.2 Å². The van der Waals surface area contributed by atoms with E-state index >= 15 is 0 Å². The number of aromatic nitrogens is 4. The Morgan fingerprint density at radius 2 is 2.08 bits per heavy atom. The number of carbonyl (C=O) groups excluding carboxylic acids is 1. The lowest BCUT2D eigenvalue weighted by molar-refractivity contribution is -0.136. The highest BCUT2D eigenvalue weighted by Crippen LogP contribution is 2.28. The van der Waals surface area contributed by atoms with Gasteiger partial charge in [-0.2, -0.15) is 10.2 Å². The van der Waals surface area contributed by atoms with Crippen molar-refractivity contribution in [3.63, 3.8) is 0 Å². The van der Waals surface area contributed by atoms with E-state index in [1.54, 1.807) is 0 Å². The Bertz CT molecular complexity index is 760. The van der Waals surface area contributed by atoms with Crippen molar-refractivity contribution in [3.8, 4) is 0 Å². The molecule has 3 rings (SSSR count). The first-order valence-electron chi connectivity index (χ1n) is 9.18. The van der Waals surface area contributed by atoms with Gasteiger partial charge in [-0.1, -0.05) is 0 Å². The third kappa shape index (κ3) is 3.48. The molecule has 1 saturated heterocycles. The molecule has 2 atom stereocenters. The summed E-state index contributed by atoms with van der Waals surface area (Å²) in [7, 11) is 1.94. The molecule has 0 aromatic carbocycles. The van der Waals surface area contributed by atoms with Crippen LogP contribution in [0.25, 0.3) is 0 Å². The van der Waals surface area contributed by atoms with E-state index in [9.17, 15) is 4.79 Å². The van der Waals surface area contributed by atoms with Gasteiger partial charge in [-0.25, -0.2) is 0 Å². The topological polar surface area (TPSA) is 56.0 Å². The van der Waals surface area contributed by atoms with Gasteiger partial charge in [-0.05, 0) is 52.5 Å². The van der Waals surface area contributed by atoms with E-state index in [4.69, 9.17) is 0 Å². The zero-order valence-corrected chi connectivity index (χ0v) is 16.0. The minimum atomic E-state index is -0.159. The molecule has 1 fully saturated rings. The SMILES string of the molecule is Cc1cnn(C[C@@H]2CCCCN2C(=O)[C@@H](C)c2c(C)nn(C)c2C)c1. The minimum absolute atomic E-state index is 0.159. The summed E-state index contributed by atoms with van der Waals surface area (Å²) in [5.41, 5.74) is 4.27. The fourth-order valence-electron chi connectivity index (χ4n) is 4.05. The first-order chi connectivity index (χ1) is 11.9. The summed E-state index contributed by atoms with van der Waals surface area (Å²) in [5.74, 6) is 0.0569. The molecule has 0 N–H and O–H groups in total. The van der Waals surface area contributed by atoms with Crippen LogP contribution in [0, 0.1) is 20.8 Å². The Kier molecular flexibility index (Phi) is 4.97. The third-order valence-electron chi connectivity index (χ3n) is 5.44. The number of aryl methyl sites for hydroxylation is 3. The number of amides is 1. The maximum absolute atomic E-state index is 13.3. The molecular weight excluding hydrogens is 314 g/mol. The molecule has 0 unspecified atom stereocenters. The summed E-state index contributed by atoms with van der Waals surface area (Å²) in [6.45, 7) is 9.71. The summed E-state index contributed by atoms with van der Waals surface area (Å²) in [5, 5.41) is 8.88. The molecule has 6 heteroatoms. The van der Waals surface area contributed by atoms with Crippen LogP contribution in [0.15, 0.2) is 12.4 Å². The lowest BCUT2D eigenvalue weighted by Crippen LogP contribution is -2.47. The van der Waals surface area contributed by atoms with Gasteiger partial charge in [-0.15, -0.1) is 0 Å². The van der Waals surface area contributed by atoms with Gasteiger partial charge in [0, 0.05) is 31.0 Å². The summed E-state index contributed by atoms with van der Waals surface area (Å²) >= 11 is 0. The second kappa shape index (κ2) is 7.02. The van der Waals surface area contributed by atoms with Crippen LogP contribution in [-0.2, 0) is 18.4 Å². The Balaban J connectivity index is 1.80. The molecule has 0 aliphatic carbocycles. The van der Waals surface area contributed by atoms with E-state index in [1.165, 1.54) is 6.42 Å². The molecule has 1 aliphatic rings. The molecule has 0 radical (unpaired) electrons. The first kappa shape index (κ1) is 17.7. The number of hydrogen-bond donors (Lipinski definition) is 0. The number of rotatable bonds is 4. The highest BCUT2D eigenvalue weighted by atomic mass is 16.2. The van der Waals surface area contributed by atoms with E-state index in [1.807, 2.05) is 50.3 Å². The maximum atomic E-state index is 13.3. The molecule has 2 aromatic heterocycles. The molecule has 3 heterocycles. The normalized spacial score (nSPS) is 19.2. The van der Waals surface area contributed by atoms with Crippen LogP contribution in [0.5, 0.6) is 0 Å². The number of piperidine rings is 1. The highest BCUT2D eigenvalue weighted by Gasteiger charge is 2.32. The average Bonchev–Trinajstić information content (AvgIpc) is 3.09. The standard InChI is InChI=1S/C19H29N5O/c1-13-10-20-23(11-13)12-17-8-6-7-9-24(17)19(25)14(2)18-15(3)21-22(5)16(18)4/h10-11,14,17H,6-9,12H2,1-5H3/t14-,17-/m0/s1. The Morgan fingerprint density at radius 1 is 1.32 bits per heavy atom. The van der Waals surface area contributed by atoms with E-state index in [0.29, 0.717) is 0 Å². The predicted molar refractivity (Wildman–Crippen MR) is 97.4 cm³/mol. The maximum Gasteiger partial charge on any atom is 0.230 e. The molecule has 6 nitrogen and oxygen atoms in total. The van der Waals surface area contributed by atoms with Gasteiger partial charge in [0.05, 0.1) is 30.4 Å². The van der Waals surface area contributed by atoms with Crippen LogP contribution >= 0.6 is 0 Å². The lowest BCUT2D eigenvalue weighted by atomic mass is 9.94. The van der Waals surface area contributed by atoms with Crippen LogP contribution in [0.2, 0.25) is 0 Å². The highest BCUT2D eigenvalue weighted by molar-refractivity contribution is 5.84. The largest absolute Gasteiger partial charge is 0.337 e. The Morgan fingerprint density at radius 3 is 2.68 bits per heavy atom. The zero-order chi connectivity index (χ0) is 18.1. The smallest absolute Gasteiger partial charge is 0.230 e. The summed E-state index contributed by atoms with van der Waals surface area (Å²) in [6, 6.07) is 0.222. The lowest BCUT2D eigenvalue weighted by Gasteiger charge is -2.37. The quantitative estimate of drug-likeness (QED) is 0.858. The number of hydrogen-bond acceptors (Lipinski definition) is 3. The molecule has 0 spiro atoms. The van der Waals surface area contributed by atoms with Crippen molar-refractivity contribution >= 4 is 5.91 Å². The Labute approximate surface area is 149 Å². The molecular formula is C19H29N5O. The molecule has 136 valence electrons. The van der Waals surface area contributed by atoms with Gasteiger partial charge >= 0.3 is 0 Å². The van der Waals surface area contributed by atoms with Crippen molar-refractivity contribution in [1.82, 2.24) is 24.5 Å². The number of nitrogens with zero attached hydrogens (tertiary/aromatic N) is 5. The van der Waals surface area contributed by atoms with Crippen LogP contribution in [0.3, 0.4) is 0 Å². The monoisotopic (exact) mass is 343 g/mol. The number of carbonyl (C=O) groups is 1. The van der Waals surface area contributed by atoms with Gasteiger partial charge < -0.3 is 4.90 Å². The molecule has 1 aliphatic heterocycles. The molecule has 25 heavy (non-hydrogen) atoms. The van der Waals surface area contributed by atoms with E-state index in [-0.39, 0.29) is 17.9 Å². The van der Waals surface area contributed by atoms with Gasteiger partial charge in [0.2, 0.25) is 5.91 Å². The average molecular weight is 343 g/mol. The van der Waals surface area contributed by atoms with Crippen molar-refractivity contribution in [2.45, 2.75) is 65.5 Å². The minimum Gasteiger partial charge on any atom is -0.337 e. The molecule has 1 amide bonds. The molecule has 0 bridgehead atoms. The van der Waals surface area contributed by atoms with Crippen molar-refractivity contribution < 1.29 is 4.79 Å². The molecule has 0 saturated carbocycles. The Hall–Kier alpha value is -2.11. The van der Waals surface area contributed by atoms with Crippen molar-refractivity contribution in [2.24, 2.45) is 7.05 Å². The second-order valence-electron chi connectivity index (χ2n) is 7.35. The number of likely N-dealkylation sites (tertiary alicyclic amines) is 1. The van der Waals surface area contributed by atoms with Crippen LogP contribution in [0.1, 0.15) is 54.6 Å². The summed E-state index contributed by atoms with van der Waals surface area (Å²) < 4.78 is 3.84. The van der Waals surface area contributed by atoms with Gasteiger partial charge in [0.25, 0.3) is 0 Å². The fourth-order valence-corrected chi connectivity index (χ4v) is 4.05. The van der Waals surface area contributed by atoms with Gasteiger partial charge in [0.1, 0.15) is 0 Å². The zero-order valence-electron chi connectivity index (χ0n) is 16.0. The predicted octanol–water partition coefficient (Wildman–Crippen LogP) is 2.73. The van der Waals surface area contributed by atoms with E-state index in [0.717, 1.165) is 48.4 Å². The van der Waals surface area contributed by atoms with Crippen LogP contribution in [-0.4, -0.2) is 43.0 Å². The van der Waals surface area contributed by atoms with Crippen molar-refractivity contribution in [3.05, 3.63) is 34.9 Å². The summed E-state index contributed by atoms with van der Waals surface area (Å²) in [6.07, 6.45) is 7.23. The van der Waals surface area contributed by atoms with Crippen molar-refractivity contribution in [2.75, 3.05) is 6.54 Å².